The molecule has 0 amide bonds. The maximum atomic E-state index is 5.78. The number of ether oxygens (including phenoxy) is 1. The Labute approximate surface area is 110 Å². The molecule has 6 heteroatoms. The first-order valence-corrected chi connectivity index (χ1v) is 6.83. The number of fused-ring (bicyclic) bond motifs is 1. The van der Waals surface area contributed by atoms with Crippen LogP contribution in [0.2, 0.25) is 0 Å². The van der Waals surface area contributed by atoms with Crippen LogP contribution in [0.5, 0.6) is 0 Å². The van der Waals surface area contributed by atoms with Crippen molar-refractivity contribution in [2.75, 3.05) is 30.3 Å². The number of hydrogen-bond donors (Lipinski definition) is 1. The van der Waals surface area contributed by atoms with Crippen LogP contribution < -0.4 is 10.6 Å². The van der Waals surface area contributed by atoms with E-state index in [1.807, 2.05) is 5.38 Å². The molecule has 2 aromatic heterocycles. The van der Waals surface area contributed by atoms with Gasteiger partial charge in [-0.25, -0.2) is 4.98 Å². The van der Waals surface area contributed by atoms with Gasteiger partial charge in [-0.1, -0.05) is 0 Å². The molecule has 0 radical (unpaired) electrons. The van der Waals surface area contributed by atoms with Crippen molar-refractivity contribution in [3.8, 4) is 0 Å². The van der Waals surface area contributed by atoms with Gasteiger partial charge in [-0.05, 0) is 25.3 Å². The Kier molecular flexibility index (Phi) is 2.64. The molecular weight excluding hydrogens is 248 g/mol. The van der Waals surface area contributed by atoms with Gasteiger partial charge in [-0.3, -0.25) is 0 Å². The lowest BCUT2D eigenvalue weighted by Gasteiger charge is -2.39. The van der Waals surface area contributed by atoms with Crippen molar-refractivity contribution in [1.82, 2.24) is 9.97 Å². The van der Waals surface area contributed by atoms with Crippen LogP contribution in [-0.4, -0.2) is 35.3 Å². The van der Waals surface area contributed by atoms with Crippen LogP contribution in [0.25, 0.3) is 10.2 Å². The van der Waals surface area contributed by atoms with Crippen LogP contribution in [-0.2, 0) is 4.74 Å². The zero-order valence-corrected chi connectivity index (χ0v) is 11.3. The third-order valence-electron chi connectivity index (χ3n) is 3.05. The standard InChI is InChI=1S/C12H16N4OS/c1-12(2)7-16(4-5-17-12)9-8-3-6-18-10(8)15-11(13)14-9/h3,6H,4-5,7H2,1-2H3,(H2,13,14,15). The van der Waals surface area contributed by atoms with Crippen molar-refractivity contribution in [2.45, 2.75) is 19.4 Å². The third-order valence-corrected chi connectivity index (χ3v) is 3.85. The maximum absolute atomic E-state index is 5.78. The summed E-state index contributed by atoms with van der Waals surface area (Å²) in [6, 6.07) is 2.05. The SMILES string of the molecule is CC1(C)CN(c2nc(N)nc3sccc23)CCO1. The highest BCUT2D eigenvalue weighted by Crippen LogP contribution is 2.30. The van der Waals surface area contributed by atoms with Crippen molar-refractivity contribution < 1.29 is 4.74 Å². The average molecular weight is 264 g/mol. The van der Waals surface area contributed by atoms with E-state index in [1.165, 1.54) is 0 Å². The van der Waals surface area contributed by atoms with Gasteiger partial charge in [-0.2, -0.15) is 4.98 Å². The molecule has 1 aliphatic heterocycles. The summed E-state index contributed by atoms with van der Waals surface area (Å²) in [6.07, 6.45) is 0. The molecule has 1 saturated heterocycles. The molecule has 0 aromatic carbocycles. The predicted octanol–water partition coefficient (Wildman–Crippen LogP) is 1.89. The molecule has 0 unspecified atom stereocenters. The first kappa shape index (κ1) is 11.7. The smallest absolute Gasteiger partial charge is 0.223 e. The summed E-state index contributed by atoms with van der Waals surface area (Å²) in [6.45, 7) is 6.55. The highest BCUT2D eigenvalue weighted by Gasteiger charge is 2.29. The van der Waals surface area contributed by atoms with Crippen molar-refractivity contribution in [3.63, 3.8) is 0 Å². The number of anilines is 2. The lowest BCUT2D eigenvalue weighted by atomic mass is 10.1. The summed E-state index contributed by atoms with van der Waals surface area (Å²) in [4.78, 5) is 11.8. The van der Waals surface area contributed by atoms with E-state index < -0.39 is 0 Å². The molecule has 3 rings (SSSR count). The number of nitrogen functional groups attached to an aromatic ring is 1. The number of nitrogens with zero attached hydrogens (tertiary/aromatic N) is 3. The number of hydrogen-bond acceptors (Lipinski definition) is 6. The first-order chi connectivity index (χ1) is 8.55. The van der Waals surface area contributed by atoms with Gasteiger partial charge in [0.1, 0.15) is 10.6 Å². The molecule has 0 atom stereocenters. The number of nitrogens with two attached hydrogens (primary N) is 1. The fraction of sp³-hybridized carbons (Fsp3) is 0.500. The van der Waals surface area contributed by atoms with E-state index in [9.17, 15) is 0 Å². The van der Waals surface area contributed by atoms with Gasteiger partial charge in [-0.15, -0.1) is 11.3 Å². The van der Waals surface area contributed by atoms with Gasteiger partial charge in [0, 0.05) is 13.1 Å². The Bertz CT molecular complexity index is 580. The highest BCUT2D eigenvalue weighted by atomic mass is 32.1. The van der Waals surface area contributed by atoms with E-state index in [1.54, 1.807) is 11.3 Å². The molecule has 2 aromatic rings. The minimum absolute atomic E-state index is 0.152. The molecule has 0 spiro atoms. The minimum atomic E-state index is -0.152. The summed E-state index contributed by atoms with van der Waals surface area (Å²) >= 11 is 1.59. The fourth-order valence-electron chi connectivity index (χ4n) is 2.29. The monoisotopic (exact) mass is 264 g/mol. The minimum Gasteiger partial charge on any atom is -0.372 e. The largest absolute Gasteiger partial charge is 0.372 e. The maximum Gasteiger partial charge on any atom is 0.223 e. The molecule has 1 fully saturated rings. The second kappa shape index (κ2) is 4.07. The Morgan fingerprint density at radius 3 is 3.06 bits per heavy atom. The second-order valence-electron chi connectivity index (χ2n) is 5.07. The second-order valence-corrected chi connectivity index (χ2v) is 5.97. The summed E-state index contributed by atoms with van der Waals surface area (Å²) in [7, 11) is 0. The first-order valence-electron chi connectivity index (χ1n) is 5.95. The third kappa shape index (κ3) is 2.02. The van der Waals surface area contributed by atoms with E-state index in [0.717, 1.165) is 29.1 Å². The van der Waals surface area contributed by atoms with Crippen molar-refractivity contribution >= 4 is 33.3 Å². The van der Waals surface area contributed by atoms with Crippen LogP contribution in [0.3, 0.4) is 0 Å². The van der Waals surface area contributed by atoms with Crippen LogP contribution in [0.15, 0.2) is 11.4 Å². The van der Waals surface area contributed by atoms with Gasteiger partial charge in [0.2, 0.25) is 5.95 Å². The van der Waals surface area contributed by atoms with Gasteiger partial charge in [0.25, 0.3) is 0 Å². The summed E-state index contributed by atoms with van der Waals surface area (Å²) in [5.74, 6) is 1.26. The zero-order valence-electron chi connectivity index (χ0n) is 10.5. The predicted molar refractivity (Wildman–Crippen MR) is 74.1 cm³/mol. The quantitative estimate of drug-likeness (QED) is 0.852. The van der Waals surface area contributed by atoms with Crippen LogP contribution in [0.4, 0.5) is 11.8 Å². The van der Waals surface area contributed by atoms with Gasteiger partial charge in [0.05, 0.1) is 17.6 Å². The van der Waals surface area contributed by atoms with E-state index in [-0.39, 0.29) is 5.60 Å². The van der Waals surface area contributed by atoms with E-state index >= 15 is 0 Å². The van der Waals surface area contributed by atoms with Crippen molar-refractivity contribution in [2.24, 2.45) is 0 Å². The Morgan fingerprint density at radius 1 is 1.44 bits per heavy atom. The molecule has 3 heterocycles. The lowest BCUT2D eigenvalue weighted by Crippen LogP contribution is -2.48. The fourth-order valence-corrected chi connectivity index (χ4v) is 3.06. The molecule has 1 aliphatic rings. The molecule has 5 nitrogen and oxygen atoms in total. The molecule has 18 heavy (non-hydrogen) atoms. The molecule has 0 saturated carbocycles. The van der Waals surface area contributed by atoms with Gasteiger partial charge >= 0.3 is 0 Å². The average Bonchev–Trinajstić information content (AvgIpc) is 2.74. The van der Waals surface area contributed by atoms with E-state index in [4.69, 9.17) is 10.5 Å². The van der Waals surface area contributed by atoms with Crippen molar-refractivity contribution in [3.05, 3.63) is 11.4 Å². The Morgan fingerprint density at radius 2 is 2.28 bits per heavy atom. The van der Waals surface area contributed by atoms with Crippen LogP contribution in [0.1, 0.15) is 13.8 Å². The number of morpholine rings is 1. The van der Waals surface area contributed by atoms with E-state index in [2.05, 4.69) is 34.8 Å². The summed E-state index contributed by atoms with van der Waals surface area (Å²) in [5.41, 5.74) is 5.63. The number of aromatic nitrogens is 2. The number of rotatable bonds is 1. The molecule has 2 N–H and O–H groups in total. The number of thiophene rings is 1. The van der Waals surface area contributed by atoms with Crippen LogP contribution in [0, 0.1) is 0 Å². The van der Waals surface area contributed by atoms with E-state index in [0.29, 0.717) is 12.6 Å². The van der Waals surface area contributed by atoms with Gasteiger partial charge in [0.15, 0.2) is 0 Å². The molecule has 0 aliphatic carbocycles. The van der Waals surface area contributed by atoms with Crippen LogP contribution >= 0.6 is 11.3 Å². The Hall–Kier alpha value is -1.40. The van der Waals surface area contributed by atoms with Crippen molar-refractivity contribution in [1.29, 1.82) is 0 Å². The molecule has 96 valence electrons. The summed E-state index contributed by atoms with van der Waals surface area (Å²) in [5, 5.41) is 3.10. The normalized spacial score (nSPS) is 19.3. The highest BCUT2D eigenvalue weighted by molar-refractivity contribution is 7.16. The lowest BCUT2D eigenvalue weighted by molar-refractivity contribution is -0.0278. The molecule has 0 bridgehead atoms. The zero-order chi connectivity index (χ0) is 12.8. The summed E-state index contributed by atoms with van der Waals surface area (Å²) < 4.78 is 5.73. The van der Waals surface area contributed by atoms with Gasteiger partial charge < -0.3 is 15.4 Å². The Balaban J connectivity index is 2.05. The molecular formula is C12H16N4OS. The topological polar surface area (TPSA) is 64.3 Å².